The van der Waals surface area contributed by atoms with Crippen molar-refractivity contribution in [3.05, 3.63) is 216 Å². The van der Waals surface area contributed by atoms with Gasteiger partial charge in [0, 0.05) is 102 Å². The van der Waals surface area contributed by atoms with Crippen LogP contribution in [0.2, 0.25) is 0 Å². The molecule has 566 valence electrons. The second kappa shape index (κ2) is 33.1. The molecule has 6 aromatic carbocycles. The molecular weight excluding hydrogens is 1380 g/mol. The minimum Gasteiger partial charge on any atom is -0.480 e. The van der Waals surface area contributed by atoms with Crippen LogP contribution in [0.3, 0.4) is 0 Å². The van der Waals surface area contributed by atoms with E-state index in [-0.39, 0.29) is 12.3 Å². The number of benzene rings is 6. The monoisotopic (exact) mass is 1470 g/mol. The normalized spacial score (nSPS) is 13.4. The number of amides is 3. The summed E-state index contributed by atoms with van der Waals surface area (Å²) in [6, 6.07) is 50.9. The number of imide groups is 1. The maximum atomic E-state index is 12.4. The Balaban J connectivity index is 0.000000166. The van der Waals surface area contributed by atoms with Crippen molar-refractivity contribution >= 4 is 108 Å². The molecule has 109 heavy (non-hydrogen) atoms. The zero-order valence-electron chi connectivity index (χ0n) is 64.8. The van der Waals surface area contributed by atoms with Gasteiger partial charge in [-0.2, -0.15) is 15.8 Å². The number of para-hydroxylation sites is 6. The van der Waals surface area contributed by atoms with Crippen LogP contribution in [0.4, 0.5) is 19.2 Å². The molecule has 1 aliphatic rings. The SMILES string of the molecule is CC(C)(C)OC(=O)n1cc(C(C)(C)C#N)c2ccccc21.CC(C)(C)OC(=O)n1cc(C(C)(C)C=O)c2ccccc21.CC(C)(C)OC(=O)n1cc(CC#N)c2ccccc21.CC(C)(c1c[nH]c2ccccc12)C(N)C(=O)O.CC(C)(c1c[nH]c2ccccc12)C1NC(=O)NC1=O.N#CCc1c[nH]c2ccccc12. The van der Waals surface area contributed by atoms with Gasteiger partial charge in [-0.25, -0.2) is 19.2 Å². The van der Waals surface area contributed by atoms with E-state index in [4.69, 9.17) is 35.6 Å². The number of nitrogens with zero attached hydrogens (tertiary/aromatic N) is 6. The Morgan fingerprint density at radius 2 is 0.853 bits per heavy atom. The number of nitrogens with two attached hydrogens (primary N) is 1. The van der Waals surface area contributed by atoms with Crippen molar-refractivity contribution in [2.45, 2.75) is 181 Å². The number of carbonyl (C=O) groups is 7. The van der Waals surface area contributed by atoms with Crippen molar-refractivity contribution in [2.75, 3.05) is 0 Å². The van der Waals surface area contributed by atoms with Crippen LogP contribution in [-0.2, 0) is 63.1 Å². The van der Waals surface area contributed by atoms with Gasteiger partial charge in [-0.05, 0) is 160 Å². The third kappa shape index (κ3) is 19.4. The molecule has 13 rings (SSSR count). The fourth-order valence-corrected chi connectivity index (χ4v) is 12.5. The number of carboxylic acids is 1. The summed E-state index contributed by atoms with van der Waals surface area (Å²) in [7, 11) is 0. The van der Waals surface area contributed by atoms with E-state index >= 15 is 0 Å². The molecule has 2 atom stereocenters. The number of aliphatic carboxylic acids is 1. The van der Waals surface area contributed by atoms with Crippen molar-refractivity contribution in [1.29, 1.82) is 15.8 Å². The lowest BCUT2D eigenvalue weighted by Gasteiger charge is -2.29. The average molecular weight is 1470 g/mol. The second-order valence-electron chi connectivity index (χ2n) is 31.6. The van der Waals surface area contributed by atoms with Gasteiger partial charge in [0.05, 0.1) is 53.0 Å². The average Bonchev–Trinajstić information content (AvgIpc) is 1.66. The highest BCUT2D eigenvalue weighted by atomic mass is 16.6. The molecule has 1 fully saturated rings. The number of hydrogen-bond acceptors (Lipinski definition) is 14. The van der Waals surface area contributed by atoms with E-state index in [1.54, 1.807) is 18.6 Å². The molecule has 0 spiro atoms. The van der Waals surface area contributed by atoms with Crippen LogP contribution < -0.4 is 16.4 Å². The van der Waals surface area contributed by atoms with E-state index in [1.165, 1.54) is 13.7 Å². The molecule has 0 saturated carbocycles. The number of rotatable bonds is 10. The van der Waals surface area contributed by atoms with Crippen LogP contribution in [0, 0.1) is 34.0 Å². The molecule has 0 aliphatic carbocycles. The summed E-state index contributed by atoms with van der Waals surface area (Å²) in [5.74, 6) is -1.26. The van der Waals surface area contributed by atoms with E-state index < -0.39 is 80.8 Å². The molecule has 7 heterocycles. The molecule has 1 aliphatic heterocycles. The molecule has 6 aromatic heterocycles. The van der Waals surface area contributed by atoms with Gasteiger partial charge in [0.1, 0.15) is 35.2 Å². The maximum Gasteiger partial charge on any atom is 0.419 e. The first-order valence-electron chi connectivity index (χ1n) is 35.5. The third-order valence-corrected chi connectivity index (χ3v) is 18.3. The summed E-state index contributed by atoms with van der Waals surface area (Å²) in [6.07, 6.45) is 11.1. The zero-order valence-corrected chi connectivity index (χ0v) is 64.8. The first kappa shape index (κ1) is 82.1. The number of aromatic nitrogens is 6. The highest BCUT2D eigenvalue weighted by Gasteiger charge is 2.44. The van der Waals surface area contributed by atoms with Gasteiger partial charge in [-0.3, -0.25) is 28.6 Å². The number of H-pyrrole nitrogens is 3. The molecule has 8 N–H and O–H groups in total. The quantitative estimate of drug-likeness (QED) is 0.0380. The highest BCUT2D eigenvalue weighted by molar-refractivity contribution is 6.05. The van der Waals surface area contributed by atoms with E-state index in [9.17, 15) is 38.8 Å². The number of hydrogen-bond donors (Lipinski definition) is 7. The molecule has 3 amide bonds. The minimum absolute atomic E-state index is 0.274. The number of aldehydes is 1. The Bertz CT molecular complexity index is 5470. The summed E-state index contributed by atoms with van der Waals surface area (Å²) in [5, 5.41) is 46.7. The summed E-state index contributed by atoms with van der Waals surface area (Å²) < 4.78 is 20.6. The standard InChI is InChI=1S/C17H20N2O2.C17H21NO3.C15H16N2O2.C14H15N3O2.C13H16N2O2.C10H8N2/c1-16(2,3)21-15(20)19-10-13(17(4,5)11-18)12-8-6-7-9-14(12)19;1-16(2,3)21-15(20)18-10-13(17(4,5)11-19)12-8-6-7-9-14(12)18;1-15(2,3)19-14(18)17-10-11(8-9-16)12-6-4-5-7-13(12)17;1-14(2,11-12(18)17-13(19)16-11)9-7-15-10-6-4-3-5-8(9)10;1-13(2,11(14)12(16)17)9-7-15-10-6-4-3-5-8(9)10;11-6-5-8-7-12-10-4-2-1-3-9(8)10/h6-10H,1-5H3;6-11H,1-5H3;4-7,10H,8H2,1-3H3;3-7,11,15H,1-2H3,(H2,16,17,18,19);3-7,11,15H,14H2,1-2H3,(H,16,17);1-4,7,12H,5H2. The van der Waals surface area contributed by atoms with Crippen molar-refractivity contribution in [1.82, 2.24) is 39.3 Å². The summed E-state index contributed by atoms with van der Waals surface area (Å²) in [6.45, 7) is 31.4. The first-order chi connectivity index (χ1) is 51.1. The molecule has 23 nitrogen and oxygen atoms in total. The number of urea groups is 1. The molecule has 0 bridgehead atoms. The number of nitrogens with one attached hydrogen (secondary N) is 5. The Morgan fingerprint density at radius 3 is 1.28 bits per heavy atom. The number of carboxylic acid groups (broad SMARTS) is 1. The topological polar surface area (TPSA) is 351 Å². The van der Waals surface area contributed by atoms with Crippen molar-refractivity contribution < 1.29 is 52.9 Å². The number of nitriles is 3. The molecule has 1 saturated heterocycles. The Kier molecular flexibility index (Phi) is 24.9. The molecule has 2 unspecified atom stereocenters. The van der Waals surface area contributed by atoms with Gasteiger partial charge in [0.15, 0.2) is 0 Å². The van der Waals surface area contributed by atoms with Crippen molar-refractivity contribution in [3.63, 3.8) is 0 Å². The molecule has 12 aromatic rings. The van der Waals surface area contributed by atoms with E-state index in [0.717, 1.165) is 105 Å². The Labute approximate surface area is 633 Å². The molecule has 0 radical (unpaired) electrons. The molecule has 23 heteroatoms. The predicted molar refractivity (Wildman–Crippen MR) is 424 cm³/mol. The largest absolute Gasteiger partial charge is 0.480 e. The number of ether oxygens (including phenoxy) is 3. The maximum absolute atomic E-state index is 12.4. The van der Waals surface area contributed by atoms with Gasteiger partial charge in [0.25, 0.3) is 5.91 Å². The number of aromatic amines is 3. The van der Waals surface area contributed by atoms with Crippen LogP contribution in [0.25, 0.3) is 65.4 Å². The predicted octanol–water partition coefficient (Wildman–Crippen LogP) is 17.4. The van der Waals surface area contributed by atoms with Gasteiger partial charge >= 0.3 is 30.3 Å². The number of fused-ring (bicyclic) bond motifs is 6. The molecular formula is C86H96N12O11. The third-order valence-electron chi connectivity index (χ3n) is 18.3. The summed E-state index contributed by atoms with van der Waals surface area (Å²) in [5.41, 5.74) is 12.5. The lowest BCUT2D eigenvalue weighted by atomic mass is 9.77. The van der Waals surface area contributed by atoms with Crippen molar-refractivity contribution in [2.24, 2.45) is 5.73 Å². The van der Waals surface area contributed by atoms with Gasteiger partial charge in [0.2, 0.25) is 0 Å². The van der Waals surface area contributed by atoms with E-state index in [0.29, 0.717) is 6.42 Å². The van der Waals surface area contributed by atoms with Crippen LogP contribution in [0.1, 0.15) is 151 Å². The number of carbonyl (C=O) groups excluding carboxylic acids is 6. The van der Waals surface area contributed by atoms with Crippen LogP contribution in [0.5, 0.6) is 0 Å². The minimum atomic E-state index is -0.986. The lowest BCUT2D eigenvalue weighted by Crippen LogP contribution is -2.46. The Morgan fingerprint density at radius 1 is 0.486 bits per heavy atom. The van der Waals surface area contributed by atoms with Crippen LogP contribution in [-0.4, -0.2) is 105 Å². The van der Waals surface area contributed by atoms with E-state index in [1.807, 2.05) is 282 Å². The zero-order chi connectivity index (χ0) is 80.4. The van der Waals surface area contributed by atoms with Crippen LogP contribution >= 0.6 is 0 Å². The van der Waals surface area contributed by atoms with Gasteiger partial charge in [-0.1, -0.05) is 137 Å². The second-order valence-corrected chi connectivity index (χ2v) is 31.6. The lowest BCUT2D eigenvalue weighted by molar-refractivity contribution is -0.140. The van der Waals surface area contributed by atoms with Crippen LogP contribution in [0.15, 0.2) is 183 Å². The van der Waals surface area contributed by atoms with Gasteiger partial charge in [-0.15, -0.1) is 0 Å². The highest BCUT2D eigenvalue weighted by Crippen LogP contribution is 2.37. The Hall–Kier alpha value is -12.5. The smallest absolute Gasteiger partial charge is 0.419 e. The van der Waals surface area contributed by atoms with Gasteiger partial charge < -0.3 is 50.1 Å². The summed E-state index contributed by atoms with van der Waals surface area (Å²) >= 11 is 0. The first-order valence-corrected chi connectivity index (χ1v) is 35.5. The van der Waals surface area contributed by atoms with E-state index in [2.05, 4.69) is 43.8 Å². The fraction of sp³-hybridized carbons (Fsp3) is 0.326. The fourth-order valence-electron chi connectivity index (χ4n) is 12.5. The summed E-state index contributed by atoms with van der Waals surface area (Å²) in [4.78, 5) is 91.9. The van der Waals surface area contributed by atoms with Crippen molar-refractivity contribution in [3.8, 4) is 18.2 Å².